The number of H-pyrrole nitrogens is 1. The first-order valence-corrected chi connectivity index (χ1v) is 24.1. The Bertz CT molecular complexity index is 2520. The zero-order chi connectivity index (χ0) is 48.6. The molecule has 15 nitrogen and oxygen atoms in total. The van der Waals surface area contributed by atoms with Gasteiger partial charge in [-0.15, -0.1) is 16.6 Å². The Kier molecular flexibility index (Phi) is 21.0. The van der Waals surface area contributed by atoms with E-state index in [4.69, 9.17) is 55.4 Å². The van der Waals surface area contributed by atoms with Crippen molar-refractivity contribution < 1.29 is 28.6 Å². The highest BCUT2D eigenvalue weighted by molar-refractivity contribution is 6.31. The summed E-state index contributed by atoms with van der Waals surface area (Å²) in [6, 6.07) is 22.1. The second-order valence-electron chi connectivity index (χ2n) is 16.3. The molecule has 3 heterocycles. The molecule has 69 heavy (non-hydrogen) atoms. The Morgan fingerprint density at radius 1 is 0.580 bits per heavy atom. The van der Waals surface area contributed by atoms with Crippen LogP contribution in [-0.2, 0) is 28.6 Å². The van der Waals surface area contributed by atoms with Crippen molar-refractivity contribution in [2.45, 2.75) is 115 Å². The van der Waals surface area contributed by atoms with E-state index in [1.165, 1.54) is 47.1 Å². The summed E-state index contributed by atoms with van der Waals surface area (Å²) in [5.41, 5.74) is 2.60. The summed E-state index contributed by atoms with van der Waals surface area (Å²) in [5.74, 6) is 2.60. The number of carbonyl (C=O) groups excluding carboxylic acids is 3. The maximum absolute atomic E-state index is 11.8. The first kappa shape index (κ1) is 51.8. The van der Waals surface area contributed by atoms with Crippen molar-refractivity contribution in [1.29, 1.82) is 0 Å². The number of nitrogens with zero attached hydrogens (tertiary/aromatic N) is 8. The third-order valence-corrected chi connectivity index (χ3v) is 11.7. The summed E-state index contributed by atoms with van der Waals surface area (Å²) in [7, 11) is 0. The molecule has 18 heteroatoms. The molecule has 0 spiro atoms. The molecule has 0 saturated heterocycles. The number of hydrogen-bond acceptors (Lipinski definition) is 12. The van der Waals surface area contributed by atoms with Gasteiger partial charge in [0.1, 0.15) is 37.3 Å². The van der Waals surface area contributed by atoms with Crippen molar-refractivity contribution in [3.05, 3.63) is 119 Å². The van der Waals surface area contributed by atoms with E-state index in [2.05, 4.69) is 35.3 Å². The minimum atomic E-state index is -0.517. The molecule has 3 aromatic heterocycles. The van der Waals surface area contributed by atoms with Crippen LogP contribution in [0.2, 0.25) is 15.1 Å². The van der Waals surface area contributed by atoms with Gasteiger partial charge in [0.15, 0.2) is 17.5 Å². The average molecular weight is 995 g/mol. The number of nitrogens with one attached hydrogen (secondary N) is 1. The molecule has 360 valence electrons. The lowest BCUT2D eigenvalue weighted by Gasteiger charge is -2.20. The third kappa shape index (κ3) is 18.4. The molecule has 0 unspecified atom stereocenters. The second-order valence-corrected chi connectivity index (χ2v) is 17.6. The van der Waals surface area contributed by atoms with Gasteiger partial charge in [0, 0.05) is 62.2 Å². The zero-order valence-electron chi connectivity index (χ0n) is 38.0. The van der Waals surface area contributed by atoms with Crippen LogP contribution >= 0.6 is 34.8 Å². The van der Waals surface area contributed by atoms with Crippen molar-refractivity contribution >= 4 is 65.1 Å². The molecular weight excluding hydrogens is 941 g/mol. The normalized spacial score (nSPS) is 15.3. The molecule has 3 aromatic carbocycles. The van der Waals surface area contributed by atoms with Gasteiger partial charge in [-0.2, -0.15) is 5.10 Å². The van der Waals surface area contributed by atoms with E-state index < -0.39 is 5.97 Å². The number of carbonyl (C=O) groups is 3. The number of ether oxygens (including phenoxy) is 3. The van der Waals surface area contributed by atoms with E-state index in [0.29, 0.717) is 26.7 Å². The Morgan fingerprint density at radius 3 is 1.38 bits per heavy atom. The molecule has 0 aliphatic heterocycles. The van der Waals surface area contributed by atoms with Crippen LogP contribution in [0.4, 0.5) is 0 Å². The summed E-state index contributed by atoms with van der Waals surface area (Å²) in [6.45, 7) is 0. The van der Waals surface area contributed by atoms with Gasteiger partial charge in [0.2, 0.25) is 0 Å². The van der Waals surface area contributed by atoms with E-state index >= 15 is 0 Å². The Balaban J connectivity index is 0.000000159. The number of hydrogen-bond donors (Lipinski definition) is 1. The fraction of sp³-hybridized carbons (Fsp3) is 0.353. The SMILES string of the molecule is C#CC(=O)OC1CCCCC1.Clc1cccc(-c2ncn[nH]2)c1.O=C(/C=C/n1cnc(-c2cccc(Cl)c2)n1)OC1CCCCC1.O=C(/C=C\n1cnc(-c2cccc(Cl)c2)n1)OC1CCCCC1. The summed E-state index contributed by atoms with van der Waals surface area (Å²) in [4.78, 5) is 46.7. The van der Waals surface area contributed by atoms with Gasteiger partial charge >= 0.3 is 17.9 Å². The quantitative estimate of drug-likeness (QED) is 0.0451. The molecule has 6 aromatic rings. The Morgan fingerprint density at radius 2 is 0.986 bits per heavy atom. The van der Waals surface area contributed by atoms with E-state index in [-0.39, 0.29) is 30.3 Å². The van der Waals surface area contributed by atoms with Crippen LogP contribution in [-0.4, -0.2) is 80.9 Å². The van der Waals surface area contributed by atoms with Crippen LogP contribution in [0.25, 0.3) is 46.6 Å². The summed E-state index contributed by atoms with van der Waals surface area (Å²) in [5, 5.41) is 17.1. The highest BCUT2D eigenvalue weighted by atomic mass is 35.5. The molecule has 1 N–H and O–H groups in total. The van der Waals surface area contributed by atoms with Gasteiger partial charge in [0.05, 0.1) is 0 Å². The number of benzene rings is 3. The lowest BCUT2D eigenvalue weighted by atomic mass is 9.98. The van der Waals surface area contributed by atoms with Gasteiger partial charge in [-0.25, -0.2) is 38.7 Å². The predicted octanol–water partition coefficient (Wildman–Crippen LogP) is 11.5. The average Bonchev–Trinajstić information content (AvgIpc) is 4.19. The molecule has 3 aliphatic rings. The number of halogens is 3. The van der Waals surface area contributed by atoms with E-state index in [1.54, 1.807) is 49.3 Å². The molecule has 3 saturated carbocycles. The molecule has 3 aliphatic carbocycles. The fourth-order valence-corrected chi connectivity index (χ4v) is 8.18. The number of aromatic nitrogens is 9. The standard InChI is InChI=1S/2C17H18ClN3O2.C9H12O2.C8H6ClN3/c2*18-14-6-4-5-13(11-14)17-19-12-21(20-17)10-9-16(22)23-15-7-2-1-3-8-15;1-2-9(10)11-8-6-4-3-5-7-8;9-7-3-1-2-6(4-7)8-10-5-11-12-8/h2*4-6,9-12,15H,1-3,7-8H2;1,8H,3-7H2;1-5H,(H,10,11,12)/b10-9+;10-9-;;. The van der Waals surface area contributed by atoms with Crippen LogP contribution in [0.1, 0.15) is 96.3 Å². The zero-order valence-corrected chi connectivity index (χ0v) is 40.3. The number of rotatable bonds is 10. The van der Waals surface area contributed by atoms with Crippen molar-refractivity contribution in [1.82, 2.24) is 44.7 Å². The Hall–Kier alpha value is -6.60. The van der Waals surface area contributed by atoms with Crippen LogP contribution in [0, 0.1) is 12.3 Å². The highest BCUT2D eigenvalue weighted by Crippen LogP contribution is 2.24. The van der Waals surface area contributed by atoms with Crippen molar-refractivity contribution in [3.8, 4) is 46.5 Å². The van der Waals surface area contributed by atoms with E-state index in [9.17, 15) is 14.4 Å². The number of terminal acetylenes is 1. The summed E-state index contributed by atoms with van der Waals surface area (Å²) in [6.07, 6.45) is 31.8. The lowest BCUT2D eigenvalue weighted by molar-refractivity contribution is -0.145. The summed E-state index contributed by atoms with van der Waals surface area (Å²) < 4.78 is 18.8. The van der Waals surface area contributed by atoms with Gasteiger partial charge in [-0.1, -0.05) is 90.5 Å². The monoisotopic (exact) mass is 993 g/mol. The van der Waals surface area contributed by atoms with Gasteiger partial charge < -0.3 is 14.2 Å². The minimum absolute atomic E-state index is 0.0543. The molecule has 0 amide bonds. The smallest absolute Gasteiger partial charge is 0.384 e. The van der Waals surface area contributed by atoms with Crippen LogP contribution in [0.3, 0.4) is 0 Å². The maximum Gasteiger partial charge on any atom is 0.384 e. The topological polar surface area (TPSA) is 182 Å². The van der Waals surface area contributed by atoms with Crippen molar-refractivity contribution in [3.63, 3.8) is 0 Å². The van der Waals surface area contributed by atoms with Crippen molar-refractivity contribution in [2.75, 3.05) is 0 Å². The largest absolute Gasteiger partial charge is 0.459 e. The molecule has 9 rings (SSSR count). The molecule has 0 bridgehead atoms. The maximum atomic E-state index is 11.8. The van der Waals surface area contributed by atoms with Gasteiger partial charge in [0.25, 0.3) is 0 Å². The molecular formula is C51H54Cl3N9O6. The van der Waals surface area contributed by atoms with E-state index in [0.717, 1.165) is 99.6 Å². The highest BCUT2D eigenvalue weighted by Gasteiger charge is 2.18. The minimum Gasteiger partial charge on any atom is -0.459 e. The van der Waals surface area contributed by atoms with Crippen LogP contribution < -0.4 is 0 Å². The van der Waals surface area contributed by atoms with E-state index in [1.807, 2.05) is 54.5 Å². The van der Waals surface area contributed by atoms with Gasteiger partial charge in [-0.05, 0) is 113 Å². The predicted molar refractivity (Wildman–Crippen MR) is 266 cm³/mol. The van der Waals surface area contributed by atoms with Gasteiger partial charge in [-0.3, -0.25) is 5.10 Å². The number of aromatic amines is 1. The first-order chi connectivity index (χ1) is 33.6. The first-order valence-electron chi connectivity index (χ1n) is 23.0. The summed E-state index contributed by atoms with van der Waals surface area (Å²) >= 11 is 17.7. The molecule has 0 radical (unpaired) electrons. The third-order valence-electron chi connectivity index (χ3n) is 11.0. The molecule has 3 fully saturated rings. The lowest BCUT2D eigenvalue weighted by Crippen LogP contribution is -2.19. The molecule has 0 atom stereocenters. The van der Waals surface area contributed by atoms with Crippen LogP contribution in [0.15, 0.2) is 104 Å². The van der Waals surface area contributed by atoms with Crippen molar-refractivity contribution in [2.24, 2.45) is 0 Å². The van der Waals surface area contributed by atoms with Crippen LogP contribution in [0.5, 0.6) is 0 Å². The fourth-order valence-electron chi connectivity index (χ4n) is 7.61. The second kappa shape index (κ2) is 28.0. The number of esters is 3. The Labute approximate surface area is 416 Å².